The molecule has 4 heterocycles. The van der Waals surface area contributed by atoms with Gasteiger partial charge in [-0.15, -0.1) is 0 Å². The fourth-order valence-electron chi connectivity index (χ4n) is 5.69. The van der Waals surface area contributed by atoms with E-state index in [1.54, 1.807) is 7.11 Å². The average molecular weight is 535 g/mol. The number of aromatic amines is 1. The van der Waals surface area contributed by atoms with Gasteiger partial charge >= 0.3 is 0 Å². The molecule has 2 saturated heterocycles. The summed E-state index contributed by atoms with van der Waals surface area (Å²) in [6, 6.07) is 5.92. The Bertz CT molecular complexity index is 1330. The molecule has 0 radical (unpaired) electrons. The molecule has 210 valence electrons. The van der Waals surface area contributed by atoms with Crippen molar-refractivity contribution < 1.29 is 9.47 Å². The van der Waals surface area contributed by atoms with Crippen LogP contribution in [0.2, 0.25) is 0 Å². The molecular formula is C30H42N6O3. The first kappa shape index (κ1) is 27.2. The normalized spacial score (nSPS) is 16.4. The number of anilines is 2. The van der Waals surface area contributed by atoms with Crippen LogP contribution in [-0.2, 0) is 6.54 Å². The standard InChI is InChI=1S/C30H42N6O3/c1-21-17-22(2)32-29(37)24(21)20-31-28-23-18-26(38-3)27(39-16-10-13-35-11-8-9-12-35)19-25(23)33-30(34-28)36-14-6-4-5-7-15-36/h17-19H,4-16,20H2,1-3H3,(H,32,37)(H,31,33,34). The van der Waals surface area contributed by atoms with Crippen molar-refractivity contribution >= 4 is 22.7 Å². The number of nitrogens with one attached hydrogen (secondary N) is 2. The molecule has 2 aromatic heterocycles. The Labute approximate surface area is 230 Å². The van der Waals surface area contributed by atoms with Crippen molar-refractivity contribution in [2.75, 3.05) is 56.7 Å². The van der Waals surface area contributed by atoms with Crippen LogP contribution in [0.15, 0.2) is 23.0 Å². The molecule has 0 amide bonds. The van der Waals surface area contributed by atoms with Crippen LogP contribution in [0, 0.1) is 13.8 Å². The number of rotatable bonds is 10. The van der Waals surface area contributed by atoms with E-state index in [4.69, 9.17) is 19.4 Å². The van der Waals surface area contributed by atoms with E-state index >= 15 is 0 Å². The smallest absolute Gasteiger partial charge is 0.253 e. The molecular weight excluding hydrogens is 492 g/mol. The summed E-state index contributed by atoms with van der Waals surface area (Å²) in [7, 11) is 1.66. The van der Waals surface area contributed by atoms with E-state index < -0.39 is 0 Å². The summed E-state index contributed by atoms with van der Waals surface area (Å²) in [5.41, 5.74) is 3.24. The van der Waals surface area contributed by atoms with E-state index in [1.165, 1.54) is 38.8 Å². The van der Waals surface area contributed by atoms with Crippen molar-refractivity contribution in [2.45, 2.75) is 65.3 Å². The van der Waals surface area contributed by atoms with Crippen LogP contribution in [0.25, 0.3) is 10.9 Å². The molecule has 2 fully saturated rings. The Balaban J connectivity index is 1.44. The van der Waals surface area contributed by atoms with E-state index in [-0.39, 0.29) is 5.56 Å². The topological polar surface area (TPSA) is 95.6 Å². The molecule has 2 aliphatic rings. The number of fused-ring (bicyclic) bond motifs is 1. The maximum absolute atomic E-state index is 12.7. The molecule has 2 N–H and O–H groups in total. The third-order valence-electron chi connectivity index (χ3n) is 7.86. The lowest BCUT2D eigenvalue weighted by atomic mass is 10.1. The number of ether oxygens (including phenoxy) is 2. The number of methoxy groups -OCH3 is 1. The van der Waals surface area contributed by atoms with E-state index in [9.17, 15) is 4.79 Å². The molecule has 9 nitrogen and oxygen atoms in total. The van der Waals surface area contributed by atoms with E-state index in [2.05, 4.69) is 20.1 Å². The number of aromatic nitrogens is 3. The fourth-order valence-corrected chi connectivity index (χ4v) is 5.69. The van der Waals surface area contributed by atoms with Gasteiger partial charge in [-0.3, -0.25) is 4.79 Å². The number of pyridine rings is 1. The van der Waals surface area contributed by atoms with Gasteiger partial charge < -0.3 is 29.6 Å². The number of aryl methyl sites for hydroxylation is 2. The van der Waals surface area contributed by atoms with Crippen LogP contribution in [0.4, 0.5) is 11.8 Å². The number of nitrogens with zero attached hydrogens (tertiary/aromatic N) is 4. The average Bonchev–Trinajstić information content (AvgIpc) is 3.29. The zero-order valence-corrected chi connectivity index (χ0v) is 23.6. The number of hydrogen-bond donors (Lipinski definition) is 2. The van der Waals surface area contributed by atoms with Crippen LogP contribution in [-0.4, -0.2) is 66.3 Å². The highest BCUT2D eigenvalue weighted by molar-refractivity contribution is 5.92. The first-order valence-corrected chi connectivity index (χ1v) is 14.4. The molecule has 3 aromatic rings. The minimum Gasteiger partial charge on any atom is -0.493 e. The zero-order chi connectivity index (χ0) is 27.2. The number of H-pyrrole nitrogens is 1. The van der Waals surface area contributed by atoms with Gasteiger partial charge in [-0.1, -0.05) is 12.8 Å². The van der Waals surface area contributed by atoms with Gasteiger partial charge in [-0.2, -0.15) is 4.98 Å². The van der Waals surface area contributed by atoms with Crippen LogP contribution >= 0.6 is 0 Å². The Hall–Kier alpha value is -3.33. The molecule has 0 spiro atoms. The van der Waals surface area contributed by atoms with Crippen LogP contribution < -0.4 is 25.2 Å². The molecule has 39 heavy (non-hydrogen) atoms. The molecule has 5 rings (SSSR count). The molecule has 0 saturated carbocycles. The highest BCUT2D eigenvalue weighted by atomic mass is 16.5. The van der Waals surface area contributed by atoms with Crippen molar-refractivity contribution in [3.63, 3.8) is 0 Å². The second-order valence-electron chi connectivity index (χ2n) is 10.8. The molecule has 0 aliphatic carbocycles. The minimum atomic E-state index is -0.0756. The predicted octanol–water partition coefficient (Wildman–Crippen LogP) is 4.80. The summed E-state index contributed by atoms with van der Waals surface area (Å²) in [6.07, 6.45) is 8.31. The molecule has 0 unspecified atom stereocenters. The lowest BCUT2D eigenvalue weighted by molar-refractivity contribution is 0.254. The third kappa shape index (κ3) is 6.64. The SMILES string of the molecule is COc1cc2c(NCc3c(C)cc(C)[nH]c3=O)nc(N3CCCCCC3)nc2cc1OCCCN1CCCC1. The lowest BCUT2D eigenvalue weighted by Gasteiger charge is -2.22. The van der Waals surface area contributed by atoms with Gasteiger partial charge in [-0.25, -0.2) is 4.98 Å². The van der Waals surface area contributed by atoms with Gasteiger partial charge in [0, 0.05) is 48.9 Å². The number of benzene rings is 1. The van der Waals surface area contributed by atoms with Gasteiger partial charge in [0.2, 0.25) is 5.95 Å². The van der Waals surface area contributed by atoms with Gasteiger partial charge in [-0.05, 0) is 76.7 Å². The second kappa shape index (κ2) is 12.7. The monoisotopic (exact) mass is 534 g/mol. The predicted molar refractivity (Wildman–Crippen MR) is 156 cm³/mol. The molecule has 9 heteroatoms. The zero-order valence-electron chi connectivity index (χ0n) is 23.6. The van der Waals surface area contributed by atoms with Gasteiger partial charge in [0.1, 0.15) is 5.82 Å². The third-order valence-corrected chi connectivity index (χ3v) is 7.86. The van der Waals surface area contributed by atoms with Crippen molar-refractivity contribution in [2.24, 2.45) is 0 Å². The lowest BCUT2D eigenvalue weighted by Crippen LogP contribution is -2.26. The van der Waals surface area contributed by atoms with Crippen molar-refractivity contribution in [3.8, 4) is 11.5 Å². The molecule has 0 atom stereocenters. The summed E-state index contributed by atoms with van der Waals surface area (Å²) < 4.78 is 12.0. The Morgan fingerprint density at radius 2 is 1.69 bits per heavy atom. The number of hydrogen-bond acceptors (Lipinski definition) is 8. The maximum atomic E-state index is 12.7. The first-order valence-electron chi connectivity index (χ1n) is 14.4. The highest BCUT2D eigenvalue weighted by Gasteiger charge is 2.19. The maximum Gasteiger partial charge on any atom is 0.253 e. The molecule has 2 aliphatic heterocycles. The first-order chi connectivity index (χ1) is 19.0. The van der Waals surface area contributed by atoms with Crippen molar-refractivity contribution in [3.05, 3.63) is 45.4 Å². The van der Waals surface area contributed by atoms with Crippen LogP contribution in [0.5, 0.6) is 11.5 Å². The Kier molecular flexibility index (Phi) is 8.86. The van der Waals surface area contributed by atoms with E-state index in [0.29, 0.717) is 42.0 Å². The highest BCUT2D eigenvalue weighted by Crippen LogP contribution is 2.36. The summed E-state index contributed by atoms with van der Waals surface area (Å²) in [5, 5.41) is 4.30. The van der Waals surface area contributed by atoms with Gasteiger partial charge in [0.25, 0.3) is 5.56 Å². The fraction of sp³-hybridized carbons (Fsp3) is 0.567. The van der Waals surface area contributed by atoms with Gasteiger partial charge in [0.05, 0.1) is 19.2 Å². The number of likely N-dealkylation sites (tertiary alicyclic amines) is 1. The summed E-state index contributed by atoms with van der Waals surface area (Å²) in [5.74, 6) is 2.76. The van der Waals surface area contributed by atoms with Gasteiger partial charge in [0.15, 0.2) is 11.5 Å². The Morgan fingerprint density at radius 1 is 0.949 bits per heavy atom. The van der Waals surface area contributed by atoms with E-state index in [1.807, 2.05) is 32.0 Å². The van der Waals surface area contributed by atoms with Crippen LogP contribution in [0.1, 0.15) is 61.8 Å². The summed E-state index contributed by atoms with van der Waals surface area (Å²) >= 11 is 0. The Morgan fingerprint density at radius 3 is 2.41 bits per heavy atom. The minimum absolute atomic E-state index is 0.0756. The molecule has 0 bridgehead atoms. The van der Waals surface area contributed by atoms with Crippen LogP contribution in [0.3, 0.4) is 0 Å². The summed E-state index contributed by atoms with van der Waals surface area (Å²) in [6.45, 7) is 10.2. The largest absolute Gasteiger partial charge is 0.493 e. The van der Waals surface area contributed by atoms with Crippen molar-refractivity contribution in [1.29, 1.82) is 0 Å². The van der Waals surface area contributed by atoms with E-state index in [0.717, 1.165) is 61.1 Å². The molecule has 1 aromatic carbocycles. The second-order valence-corrected chi connectivity index (χ2v) is 10.8. The summed E-state index contributed by atoms with van der Waals surface area (Å²) in [4.78, 5) is 30.3. The van der Waals surface area contributed by atoms with Crippen molar-refractivity contribution in [1.82, 2.24) is 19.9 Å². The quantitative estimate of drug-likeness (QED) is 0.358.